The molecule has 0 saturated heterocycles. The van der Waals surface area contributed by atoms with Gasteiger partial charge < -0.3 is 10.6 Å². The molecule has 3 rings (SSSR count). The molecule has 0 atom stereocenters. The fourth-order valence-electron chi connectivity index (χ4n) is 2.88. The third kappa shape index (κ3) is 5.23. The molecule has 0 saturated carbocycles. The number of para-hydroxylation sites is 1. The maximum absolute atomic E-state index is 13.3. The summed E-state index contributed by atoms with van der Waals surface area (Å²) in [5.41, 5.74) is -0.914. The molecular formula is C21H17ClF3IN4O2. The molecule has 0 unspecified atom stereocenters. The number of anilines is 1. The first-order valence-corrected chi connectivity index (χ1v) is 10.8. The lowest BCUT2D eigenvalue weighted by molar-refractivity contribution is -0.141. The van der Waals surface area contributed by atoms with Gasteiger partial charge in [-0.2, -0.15) is 18.3 Å². The van der Waals surface area contributed by atoms with Gasteiger partial charge in [0.15, 0.2) is 5.69 Å². The zero-order valence-corrected chi connectivity index (χ0v) is 19.7. The van der Waals surface area contributed by atoms with Crippen molar-refractivity contribution in [2.45, 2.75) is 26.1 Å². The van der Waals surface area contributed by atoms with Crippen molar-refractivity contribution in [2.75, 3.05) is 5.32 Å². The summed E-state index contributed by atoms with van der Waals surface area (Å²) < 4.78 is 41.4. The summed E-state index contributed by atoms with van der Waals surface area (Å²) in [7, 11) is 0. The maximum Gasteiger partial charge on any atom is 0.435 e. The van der Waals surface area contributed by atoms with Crippen LogP contribution in [0.1, 0.15) is 40.3 Å². The average Bonchev–Trinajstić information content (AvgIpc) is 3.11. The van der Waals surface area contributed by atoms with Crippen molar-refractivity contribution in [2.24, 2.45) is 0 Å². The van der Waals surface area contributed by atoms with Crippen LogP contribution < -0.4 is 10.6 Å². The third-order valence-corrected chi connectivity index (χ3v) is 5.45. The molecule has 2 amide bonds. The van der Waals surface area contributed by atoms with E-state index in [4.69, 9.17) is 11.6 Å². The Morgan fingerprint density at radius 3 is 2.41 bits per heavy atom. The number of alkyl halides is 3. The Balaban J connectivity index is 2.06. The average molecular weight is 577 g/mol. The lowest BCUT2D eigenvalue weighted by atomic mass is 10.1. The van der Waals surface area contributed by atoms with Crippen LogP contribution in [0.5, 0.6) is 0 Å². The number of halogens is 5. The predicted octanol–water partition coefficient (Wildman–Crippen LogP) is 5.54. The third-order valence-electron chi connectivity index (χ3n) is 4.23. The second-order valence-corrected chi connectivity index (χ2v) is 8.59. The zero-order chi connectivity index (χ0) is 23.6. The van der Waals surface area contributed by atoms with E-state index >= 15 is 0 Å². The number of rotatable bonds is 5. The smallest absolute Gasteiger partial charge is 0.350 e. The van der Waals surface area contributed by atoms with Crippen LogP contribution in [0.4, 0.5) is 19.0 Å². The number of nitrogens with one attached hydrogen (secondary N) is 2. The largest absolute Gasteiger partial charge is 0.435 e. The van der Waals surface area contributed by atoms with Crippen molar-refractivity contribution >= 4 is 51.8 Å². The van der Waals surface area contributed by atoms with Gasteiger partial charge in [0, 0.05) is 15.7 Å². The lowest BCUT2D eigenvalue weighted by Crippen LogP contribution is -2.32. The Morgan fingerprint density at radius 1 is 1.09 bits per heavy atom. The molecule has 168 valence electrons. The van der Waals surface area contributed by atoms with E-state index in [9.17, 15) is 22.8 Å². The van der Waals surface area contributed by atoms with Gasteiger partial charge in [0.25, 0.3) is 11.8 Å². The van der Waals surface area contributed by atoms with Gasteiger partial charge >= 0.3 is 6.18 Å². The van der Waals surface area contributed by atoms with Gasteiger partial charge in [-0.1, -0.05) is 29.8 Å². The number of amides is 2. The Kier molecular flexibility index (Phi) is 7.13. The molecule has 0 aliphatic heterocycles. The minimum atomic E-state index is -4.74. The Labute approximate surface area is 200 Å². The van der Waals surface area contributed by atoms with Crippen LogP contribution in [-0.4, -0.2) is 27.6 Å². The number of nitrogens with zero attached hydrogens (tertiary/aromatic N) is 2. The summed E-state index contributed by atoms with van der Waals surface area (Å²) in [6.07, 6.45) is -4.74. The van der Waals surface area contributed by atoms with E-state index in [1.807, 2.05) is 22.6 Å². The van der Waals surface area contributed by atoms with E-state index < -0.39 is 23.7 Å². The fourth-order valence-corrected chi connectivity index (χ4v) is 3.84. The number of hydrogen-bond donors (Lipinski definition) is 2. The Hall–Kier alpha value is -2.60. The first-order valence-electron chi connectivity index (χ1n) is 9.32. The minimum absolute atomic E-state index is 0.00974. The van der Waals surface area contributed by atoms with Crippen molar-refractivity contribution in [3.8, 4) is 5.69 Å². The highest BCUT2D eigenvalue weighted by Crippen LogP contribution is 2.33. The first kappa shape index (κ1) is 24.1. The fraction of sp³-hybridized carbons (Fsp3) is 0.190. The second-order valence-electron chi connectivity index (χ2n) is 7.02. The molecule has 1 aromatic heterocycles. The molecule has 0 radical (unpaired) electrons. The van der Waals surface area contributed by atoms with Gasteiger partial charge in [0.1, 0.15) is 5.82 Å². The molecule has 0 bridgehead atoms. The summed E-state index contributed by atoms with van der Waals surface area (Å²) in [5.74, 6) is -1.48. The number of carbonyl (C=O) groups is 2. The highest BCUT2D eigenvalue weighted by Gasteiger charge is 2.36. The first-order chi connectivity index (χ1) is 15.0. The van der Waals surface area contributed by atoms with Crippen LogP contribution in [-0.2, 0) is 6.18 Å². The molecule has 3 aromatic rings. The maximum atomic E-state index is 13.3. The second kappa shape index (κ2) is 9.49. The molecule has 32 heavy (non-hydrogen) atoms. The molecule has 0 fully saturated rings. The molecule has 0 aliphatic carbocycles. The molecule has 0 aliphatic rings. The standard InChI is InChI=1S/C21H17ClF3IN4O2/c1-11(2)27-20(32)18-12(6-5-8-14(18)26)19(31)28-17-10-16(21(23,24)25)29-30(17)15-9-4-3-7-13(15)22/h3-11H,1-2H3,(H,27,32)(H,28,31). The molecule has 2 N–H and O–H groups in total. The molecule has 0 spiro atoms. The summed E-state index contributed by atoms with van der Waals surface area (Å²) in [4.78, 5) is 25.7. The van der Waals surface area contributed by atoms with E-state index in [1.54, 1.807) is 38.1 Å². The summed E-state index contributed by atoms with van der Waals surface area (Å²) in [6.45, 7) is 3.54. The quantitative estimate of drug-likeness (QED) is 0.392. The van der Waals surface area contributed by atoms with Crippen molar-refractivity contribution in [3.63, 3.8) is 0 Å². The van der Waals surface area contributed by atoms with Gasteiger partial charge in [-0.3, -0.25) is 9.59 Å². The molecule has 6 nitrogen and oxygen atoms in total. The lowest BCUT2D eigenvalue weighted by Gasteiger charge is -2.15. The van der Waals surface area contributed by atoms with E-state index in [0.29, 0.717) is 9.64 Å². The SMILES string of the molecule is CC(C)NC(=O)c1c(I)cccc1C(=O)Nc1cc(C(F)(F)F)nn1-c1ccccc1Cl. The monoisotopic (exact) mass is 576 g/mol. The summed E-state index contributed by atoms with van der Waals surface area (Å²) in [5, 5.41) is 8.89. The van der Waals surface area contributed by atoms with Gasteiger partial charge in [-0.15, -0.1) is 0 Å². The number of aromatic nitrogens is 2. The molecular weight excluding hydrogens is 560 g/mol. The van der Waals surface area contributed by atoms with Crippen molar-refractivity contribution in [3.05, 3.63) is 73.9 Å². The van der Waals surface area contributed by atoms with Gasteiger partial charge in [0.2, 0.25) is 0 Å². The summed E-state index contributed by atoms with van der Waals surface area (Å²) in [6, 6.07) is 11.3. The molecule has 2 aromatic carbocycles. The van der Waals surface area contributed by atoms with Gasteiger partial charge in [-0.25, -0.2) is 4.68 Å². The molecule has 1 heterocycles. The van der Waals surface area contributed by atoms with E-state index in [1.165, 1.54) is 18.2 Å². The van der Waals surface area contributed by atoms with E-state index in [2.05, 4.69) is 15.7 Å². The number of carbonyl (C=O) groups excluding carboxylic acids is 2. The van der Waals surface area contributed by atoms with Crippen LogP contribution in [0, 0.1) is 3.57 Å². The number of hydrogen-bond acceptors (Lipinski definition) is 3. The van der Waals surface area contributed by atoms with Crippen LogP contribution in [0.15, 0.2) is 48.5 Å². The van der Waals surface area contributed by atoms with Crippen molar-refractivity contribution < 1.29 is 22.8 Å². The Morgan fingerprint density at radius 2 is 1.78 bits per heavy atom. The Bertz CT molecular complexity index is 1180. The van der Waals surface area contributed by atoms with Crippen molar-refractivity contribution in [1.29, 1.82) is 0 Å². The van der Waals surface area contributed by atoms with Crippen LogP contribution >= 0.6 is 34.2 Å². The van der Waals surface area contributed by atoms with Gasteiger partial charge in [0.05, 0.1) is 21.8 Å². The van der Waals surface area contributed by atoms with Gasteiger partial charge in [-0.05, 0) is 60.7 Å². The van der Waals surface area contributed by atoms with Crippen molar-refractivity contribution in [1.82, 2.24) is 15.1 Å². The normalized spacial score (nSPS) is 11.5. The zero-order valence-electron chi connectivity index (χ0n) is 16.8. The summed E-state index contributed by atoms with van der Waals surface area (Å²) >= 11 is 8.06. The predicted molar refractivity (Wildman–Crippen MR) is 123 cm³/mol. The van der Waals surface area contributed by atoms with Crippen LogP contribution in [0.3, 0.4) is 0 Å². The minimum Gasteiger partial charge on any atom is -0.350 e. The highest BCUT2D eigenvalue weighted by atomic mass is 127. The molecule has 11 heteroatoms. The highest BCUT2D eigenvalue weighted by molar-refractivity contribution is 14.1. The number of benzene rings is 2. The van der Waals surface area contributed by atoms with Crippen LogP contribution in [0.2, 0.25) is 5.02 Å². The van der Waals surface area contributed by atoms with E-state index in [-0.39, 0.29) is 33.7 Å². The topological polar surface area (TPSA) is 76.0 Å². The van der Waals surface area contributed by atoms with E-state index in [0.717, 1.165) is 4.68 Å². The van der Waals surface area contributed by atoms with Crippen LogP contribution in [0.25, 0.3) is 5.69 Å².